The number of hydrogen-bond donors (Lipinski definition) is 1. The van der Waals surface area contributed by atoms with Crippen LogP contribution in [0.2, 0.25) is 0 Å². The largest absolute Gasteiger partial charge is 0.320 e. The molecule has 0 aliphatic heterocycles. The molecule has 0 spiro atoms. The van der Waals surface area contributed by atoms with Crippen LogP contribution in [-0.2, 0) is 6.54 Å². The molecule has 0 heterocycles. The van der Waals surface area contributed by atoms with Crippen molar-refractivity contribution in [2.75, 3.05) is 14.1 Å². The van der Waals surface area contributed by atoms with Crippen LogP contribution >= 0.6 is 0 Å². The van der Waals surface area contributed by atoms with Gasteiger partial charge in [-0.3, -0.25) is 0 Å². The molecule has 2 heteroatoms. The molecule has 0 fully saturated rings. The van der Waals surface area contributed by atoms with Gasteiger partial charge in [-0.05, 0) is 55.8 Å². The quantitative estimate of drug-likeness (QED) is 0.920. The highest BCUT2D eigenvalue weighted by molar-refractivity contribution is 5.38. The van der Waals surface area contributed by atoms with Crippen LogP contribution < -0.4 is 5.73 Å². The maximum Gasteiger partial charge on any atom is 0.0551 e. The van der Waals surface area contributed by atoms with Gasteiger partial charge in [0.05, 0.1) is 6.04 Å². The Morgan fingerprint density at radius 3 is 2.30 bits per heavy atom. The molecular formula is C18H24N2. The van der Waals surface area contributed by atoms with Crippen LogP contribution in [0.3, 0.4) is 0 Å². The second-order valence-corrected chi connectivity index (χ2v) is 5.80. The zero-order valence-corrected chi connectivity index (χ0v) is 12.9. The molecule has 0 amide bonds. The van der Waals surface area contributed by atoms with Crippen LogP contribution in [0.15, 0.2) is 42.5 Å². The first-order valence-electron chi connectivity index (χ1n) is 7.03. The molecule has 2 rings (SSSR count). The van der Waals surface area contributed by atoms with Gasteiger partial charge < -0.3 is 10.6 Å². The van der Waals surface area contributed by atoms with E-state index in [0.717, 1.165) is 6.54 Å². The van der Waals surface area contributed by atoms with Crippen molar-refractivity contribution < 1.29 is 0 Å². The lowest BCUT2D eigenvalue weighted by atomic mass is 9.95. The van der Waals surface area contributed by atoms with Crippen molar-refractivity contribution in [2.24, 2.45) is 5.73 Å². The SMILES string of the molecule is Cc1ccc(C(N)c2cccc(CN(C)C)c2)cc1C. The fraction of sp³-hybridized carbons (Fsp3) is 0.333. The Bertz CT molecular complexity index is 588. The van der Waals surface area contributed by atoms with E-state index in [-0.39, 0.29) is 6.04 Å². The Balaban J connectivity index is 2.28. The van der Waals surface area contributed by atoms with E-state index in [1.54, 1.807) is 0 Å². The fourth-order valence-corrected chi connectivity index (χ4v) is 2.40. The lowest BCUT2D eigenvalue weighted by molar-refractivity contribution is 0.402. The summed E-state index contributed by atoms with van der Waals surface area (Å²) in [5.41, 5.74) is 12.7. The van der Waals surface area contributed by atoms with E-state index >= 15 is 0 Å². The lowest BCUT2D eigenvalue weighted by Gasteiger charge is -2.16. The number of benzene rings is 2. The molecule has 2 nitrogen and oxygen atoms in total. The second-order valence-electron chi connectivity index (χ2n) is 5.80. The predicted molar refractivity (Wildman–Crippen MR) is 85.8 cm³/mol. The molecule has 0 saturated heterocycles. The maximum absolute atomic E-state index is 6.42. The van der Waals surface area contributed by atoms with Gasteiger partial charge in [0.2, 0.25) is 0 Å². The minimum Gasteiger partial charge on any atom is -0.320 e. The summed E-state index contributed by atoms with van der Waals surface area (Å²) in [5, 5.41) is 0. The first kappa shape index (κ1) is 14.8. The van der Waals surface area contributed by atoms with Crippen LogP contribution in [0.1, 0.15) is 33.9 Å². The highest BCUT2D eigenvalue weighted by Crippen LogP contribution is 2.22. The molecule has 106 valence electrons. The summed E-state index contributed by atoms with van der Waals surface area (Å²) in [6.45, 7) is 5.20. The van der Waals surface area contributed by atoms with Gasteiger partial charge in [0.25, 0.3) is 0 Å². The van der Waals surface area contributed by atoms with Crippen LogP contribution in [0.5, 0.6) is 0 Å². The zero-order valence-electron chi connectivity index (χ0n) is 12.9. The van der Waals surface area contributed by atoms with Crippen molar-refractivity contribution in [1.29, 1.82) is 0 Å². The Hall–Kier alpha value is -1.64. The van der Waals surface area contributed by atoms with E-state index in [4.69, 9.17) is 5.73 Å². The Morgan fingerprint density at radius 2 is 1.65 bits per heavy atom. The summed E-state index contributed by atoms with van der Waals surface area (Å²) in [6.07, 6.45) is 0. The summed E-state index contributed by atoms with van der Waals surface area (Å²) < 4.78 is 0. The predicted octanol–water partition coefficient (Wildman–Crippen LogP) is 3.41. The topological polar surface area (TPSA) is 29.3 Å². The summed E-state index contributed by atoms with van der Waals surface area (Å²) >= 11 is 0. The molecular weight excluding hydrogens is 244 g/mol. The summed E-state index contributed by atoms with van der Waals surface area (Å²) in [4.78, 5) is 2.17. The Kier molecular flexibility index (Phi) is 4.58. The molecule has 1 atom stereocenters. The molecule has 0 aliphatic rings. The molecule has 2 N–H and O–H groups in total. The van der Waals surface area contributed by atoms with E-state index in [1.807, 2.05) is 0 Å². The average molecular weight is 268 g/mol. The highest BCUT2D eigenvalue weighted by Gasteiger charge is 2.10. The first-order valence-corrected chi connectivity index (χ1v) is 7.03. The van der Waals surface area contributed by atoms with Crippen LogP contribution in [0.25, 0.3) is 0 Å². The van der Waals surface area contributed by atoms with Crippen LogP contribution in [0, 0.1) is 13.8 Å². The van der Waals surface area contributed by atoms with E-state index in [1.165, 1.54) is 27.8 Å². The van der Waals surface area contributed by atoms with Crippen molar-refractivity contribution in [1.82, 2.24) is 4.90 Å². The molecule has 0 aliphatic carbocycles. The van der Waals surface area contributed by atoms with E-state index in [9.17, 15) is 0 Å². The summed E-state index contributed by atoms with van der Waals surface area (Å²) in [6, 6.07) is 15.0. The van der Waals surface area contributed by atoms with Crippen molar-refractivity contribution in [3.05, 3.63) is 70.3 Å². The minimum absolute atomic E-state index is 0.0589. The van der Waals surface area contributed by atoms with Gasteiger partial charge in [-0.25, -0.2) is 0 Å². The molecule has 1 unspecified atom stereocenters. The minimum atomic E-state index is -0.0589. The summed E-state index contributed by atoms with van der Waals surface area (Å²) in [7, 11) is 4.16. The van der Waals surface area contributed by atoms with Crippen molar-refractivity contribution in [2.45, 2.75) is 26.4 Å². The van der Waals surface area contributed by atoms with Gasteiger partial charge in [-0.15, -0.1) is 0 Å². The number of nitrogens with zero attached hydrogens (tertiary/aromatic N) is 1. The van der Waals surface area contributed by atoms with Crippen LogP contribution in [0.4, 0.5) is 0 Å². The number of aryl methyl sites for hydroxylation is 2. The molecule has 0 radical (unpaired) electrons. The van der Waals surface area contributed by atoms with Gasteiger partial charge in [-0.1, -0.05) is 42.5 Å². The third-order valence-electron chi connectivity index (χ3n) is 3.70. The van der Waals surface area contributed by atoms with E-state index < -0.39 is 0 Å². The Morgan fingerprint density at radius 1 is 0.950 bits per heavy atom. The first-order chi connectivity index (χ1) is 9.47. The fourth-order valence-electron chi connectivity index (χ4n) is 2.40. The molecule has 0 saturated carbocycles. The van der Waals surface area contributed by atoms with Gasteiger partial charge in [-0.2, -0.15) is 0 Å². The second kappa shape index (κ2) is 6.21. The average Bonchev–Trinajstić information content (AvgIpc) is 2.40. The standard InChI is InChI=1S/C18H24N2/c1-13-8-9-17(10-14(13)2)18(19)16-7-5-6-15(11-16)12-20(3)4/h5-11,18H,12,19H2,1-4H3. The lowest BCUT2D eigenvalue weighted by Crippen LogP contribution is -2.14. The molecule has 2 aromatic carbocycles. The monoisotopic (exact) mass is 268 g/mol. The molecule has 2 aromatic rings. The zero-order chi connectivity index (χ0) is 14.7. The number of nitrogens with two attached hydrogens (primary N) is 1. The molecule has 20 heavy (non-hydrogen) atoms. The van der Waals surface area contributed by atoms with E-state index in [0.29, 0.717) is 0 Å². The number of rotatable bonds is 4. The van der Waals surface area contributed by atoms with Gasteiger partial charge in [0.15, 0.2) is 0 Å². The van der Waals surface area contributed by atoms with Gasteiger partial charge in [0.1, 0.15) is 0 Å². The molecule has 0 aromatic heterocycles. The maximum atomic E-state index is 6.42. The normalized spacial score (nSPS) is 12.7. The number of hydrogen-bond acceptors (Lipinski definition) is 2. The summed E-state index contributed by atoms with van der Waals surface area (Å²) in [5.74, 6) is 0. The van der Waals surface area contributed by atoms with Gasteiger partial charge >= 0.3 is 0 Å². The van der Waals surface area contributed by atoms with E-state index in [2.05, 4.69) is 75.3 Å². The Labute approximate surface area is 122 Å². The highest BCUT2D eigenvalue weighted by atomic mass is 15.0. The third kappa shape index (κ3) is 3.47. The molecule has 0 bridgehead atoms. The smallest absolute Gasteiger partial charge is 0.0551 e. The third-order valence-corrected chi connectivity index (χ3v) is 3.70. The van der Waals surface area contributed by atoms with Gasteiger partial charge in [0, 0.05) is 6.54 Å². The van der Waals surface area contributed by atoms with Crippen molar-refractivity contribution in [3.8, 4) is 0 Å². The van der Waals surface area contributed by atoms with Crippen LogP contribution in [-0.4, -0.2) is 19.0 Å². The van der Waals surface area contributed by atoms with Crippen molar-refractivity contribution in [3.63, 3.8) is 0 Å². The van der Waals surface area contributed by atoms with Crippen molar-refractivity contribution >= 4 is 0 Å².